The van der Waals surface area contributed by atoms with E-state index in [2.05, 4.69) is 5.32 Å². The number of rotatable bonds is 5. The maximum Gasteiger partial charge on any atom is 0.282 e. The lowest BCUT2D eigenvalue weighted by Crippen LogP contribution is -3.16. The molecule has 0 radical (unpaired) electrons. The summed E-state index contributed by atoms with van der Waals surface area (Å²) in [6.07, 6.45) is 6.13. The molecule has 2 fully saturated rings. The van der Waals surface area contributed by atoms with Gasteiger partial charge >= 0.3 is 0 Å². The van der Waals surface area contributed by atoms with Crippen LogP contribution in [0.5, 0.6) is 0 Å². The van der Waals surface area contributed by atoms with Crippen molar-refractivity contribution in [2.24, 2.45) is 0 Å². The standard InChI is InChI=1S/C20H31N3O4S/c1-17(22-11-5-3-2-4-6-12-22)20(24)21-18-7-9-19(10-8-18)28(25,26)23-13-15-27-16-14-23/h7-10,17H,2-6,11-16H2,1H3,(H,21,24)/p+1/t17-/m1/s1. The van der Waals surface area contributed by atoms with Crippen molar-refractivity contribution in [1.29, 1.82) is 0 Å². The first-order chi connectivity index (χ1) is 13.5. The first kappa shape index (κ1) is 21.2. The zero-order chi connectivity index (χ0) is 20.0. The highest BCUT2D eigenvalue weighted by atomic mass is 32.2. The second-order valence-electron chi connectivity index (χ2n) is 7.68. The molecule has 7 nitrogen and oxygen atoms in total. The average Bonchev–Trinajstić information content (AvgIpc) is 2.68. The Morgan fingerprint density at radius 3 is 2.21 bits per heavy atom. The molecular formula is C20H32N3O4S+. The lowest BCUT2D eigenvalue weighted by Gasteiger charge is -2.27. The van der Waals surface area contributed by atoms with Crippen molar-refractivity contribution in [2.75, 3.05) is 44.7 Å². The molecule has 2 saturated heterocycles. The third-order valence-corrected chi connectivity index (χ3v) is 7.64. The average molecular weight is 411 g/mol. The minimum atomic E-state index is -3.51. The number of ether oxygens (including phenoxy) is 1. The Labute approximate surface area is 168 Å². The summed E-state index contributed by atoms with van der Waals surface area (Å²) in [5, 5.41) is 2.95. The van der Waals surface area contributed by atoms with Crippen molar-refractivity contribution in [3.63, 3.8) is 0 Å². The smallest absolute Gasteiger partial charge is 0.282 e. The minimum Gasteiger partial charge on any atom is -0.379 e. The normalized spacial score (nSPS) is 21.5. The van der Waals surface area contributed by atoms with E-state index >= 15 is 0 Å². The summed E-state index contributed by atoms with van der Waals surface area (Å²) >= 11 is 0. The van der Waals surface area contributed by atoms with Crippen LogP contribution in [-0.4, -0.2) is 64.1 Å². The van der Waals surface area contributed by atoms with E-state index in [0.717, 1.165) is 13.1 Å². The Morgan fingerprint density at radius 1 is 1.04 bits per heavy atom. The van der Waals surface area contributed by atoms with Crippen molar-refractivity contribution < 1.29 is 22.8 Å². The molecule has 0 saturated carbocycles. The third kappa shape index (κ3) is 5.31. The van der Waals surface area contributed by atoms with E-state index in [0.29, 0.717) is 32.0 Å². The van der Waals surface area contributed by atoms with Gasteiger partial charge in [-0.1, -0.05) is 6.42 Å². The van der Waals surface area contributed by atoms with Gasteiger partial charge in [-0.15, -0.1) is 0 Å². The fourth-order valence-corrected chi connectivity index (χ4v) is 5.28. The monoisotopic (exact) mass is 410 g/mol. The number of likely N-dealkylation sites (tertiary alicyclic amines) is 1. The molecule has 0 aliphatic carbocycles. The number of nitrogens with one attached hydrogen (secondary N) is 2. The van der Waals surface area contributed by atoms with Gasteiger partial charge in [-0.2, -0.15) is 4.31 Å². The molecule has 1 aromatic carbocycles. The molecule has 0 aromatic heterocycles. The van der Waals surface area contributed by atoms with Crippen LogP contribution in [0.4, 0.5) is 5.69 Å². The number of carbonyl (C=O) groups excluding carboxylic acids is 1. The van der Waals surface area contributed by atoms with E-state index in [4.69, 9.17) is 4.74 Å². The lowest BCUT2D eigenvalue weighted by molar-refractivity contribution is -0.914. The summed E-state index contributed by atoms with van der Waals surface area (Å²) in [7, 11) is -3.51. The van der Waals surface area contributed by atoms with Gasteiger partial charge in [0.25, 0.3) is 5.91 Å². The molecule has 2 heterocycles. The Bertz CT molecular complexity index is 737. The van der Waals surface area contributed by atoms with Gasteiger partial charge in [0, 0.05) is 18.8 Å². The van der Waals surface area contributed by atoms with Gasteiger partial charge in [-0.3, -0.25) is 4.79 Å². The van der Waals surface area contributed by atoms with E-state index in [1.165, 1.54) is 41.3 Å². The number of carbonyl (C=O) groups is 1. The van der Waals surface area contributed by atoms with Crippen LogP contribution in [0.15, 0.2) is 29.2 Å². The predicted octanol–water partition coefficient (Wildman–Crippen LogP) is 0.884. The van der Waals surface area contributed by atoms with Crippen LogP contribution in [0.25, 0.3) is 0 Å². The van der Waals surface area contributed by atoms with E-state index in [9.17, 15) is 13.2 Å². The Balaban J connectivity index is 1.60. The fraction of sp³-hybridized carbons (Fsp3) is 0.650. The summed E-state index contributed by atoms with van der Waals surface area (Å²) in [4.78, 5) is 14.2. The largest absolute Gasteiger partial charge is 0.379 e. The maximum absolute atomic E-state index is 12.7. The van der Waals surface area contributed by atoms with Gasteiger partial charge < -0.3 is 15.0 Å². The van der Waals surface area contributed by atoms with Crippen LogP contribution >= 0.6 is 0 Å². The first-order valence-electron chi connectivity index (χ1n) is 10.3. The first-order valence-corrected chi connectivity index (χ1v) is 11.8. The lowest BCUT2D eigenvalue weighted by atomic mass is 10.1. The molecule has 1 atom stereocenters. The van der Waals surface area contributed by atoms with E-state index in [1.54, 1.807) is 24.3 Å². The molecule has 1 amide bonds. The van der Waals surface area contributed by atoms with Gasteiger partial charge in [-0.05, 0) is 56.9 Å². The van der Waals surface area contributed by atoms with Gasteiger partial charge in [0.2, 0.25) is 10.0 Å². The molecule has 3 rings (SSSR count). The summed E-state index contributed by atoms with van der Waals surface area (Å²) < 4.78 is 32.0. The number of amides is 1. The zero-order valence-corrected chi connectivity index (χ0v) is 17.5. The predicted molar refractivity (Wildman–Crippen MR) is 108 cm³/mol. The van der Waals surface area contributed by atoms with Crippen LogP contribution in [-0.2, 0) is 19.6 Å². The molecule has 28 heavy (non-hydrogen) atoms. The molecule has 0 bridgehead atoms. The molecule has 156 valence electrons. The second kappa shape index (κ2) is 9.82. The molecule has 8 heteroatoms. The molecular weight excluding hydrogens is 378 g/mol. The van der Waals surface area contributed by atoms with E-state index < -0.39 is 10.0 Å². The molecule has 2 aliphatic heterocycles. The Kier molecular flexibility index (Phi) is 7.45. The van der Waals surface area contributed by atoms with Gasteiger partial charge in [0.15, 0.2) is 6.04 Å². The summed E-state index contributed by atoms with van der Waals surface area (Å²) in [5.74, 6) is -0.0145. The number of anilines is 1. The van der Waals surface area contributed by atoms with Crippen LogP contribution in [0.1, 0.15) is 39.0 Å². The van der Waals surface area contributed by atoms with Crippen molar-refractivity contribution in [3.8, 4) is 0 Å². The molecule has 1 aromatic rings. The second-order valence-corrected chi connectivity index (χ2v) is 9.62. The highest BCUT2D eigenvalue weighted by molar-refractivity contribution is 7.89. The molecule has 2 aliphatic rings. The van der Waals surface area contributed by atoms with Crippen molar-refractivity contribution in [3.05, 3.63) is 24.3 Å². The SMILES string of the molecule is C[C@H](C(=O)Nc1ccc(S(=O)(=O)N2CCOCC2)cc1)[NH+]1CCCCCCC1. The number of hydrogen-bond acceptors (Lipinski definition) is 4. The van der Waals surface area contributed by atoms with Crippen molar-refractivity contribution in [2.45, 2.75) is 50.0 Å². The van der Waals surface area contributed by atoms with Gasteiger partial charge in [0.05, 0.1) is 31.2 Å². The van der Waals surface area contributed by atoms with Crippen LogP contribution in [0.2, 0.25) is 0 Å². The number of morpholine rings is 1. The van der Waals surface area contributed by atoms with Crippen LogP contribution < -0.4 is 10.2 Å². The topological polar surface area (TPSA) is 80.2 Å². The maximum atomic E-state index is 12.7. The Morgan fingerprint density at radius 2 is 1.61 bits per heavy atom. The summed E-state index contributed by atoms with van der Waals surface area (Å²) in [5.41, 5.74) is 0.629. The van der Waals surface area contributed by atoms with E-state index in [-0.39, 0.29) is 16.8 Å². The van der Waals surface area contributed by atoms with Gasteiger partial charge in [0.1, 0.15) is 0 Å². The number of quaternary nitrogens is 1. The number of sulfonamides is 1. The molecule has 0 unspecified atom stereocenters. The van der Waals surface area contributed by atoms with E-state index in [1.807, 2.05) is 6.92 Å². The number of hydrogen-bond donors (Lipinski definition) is 2. The minimum absolute atomic E-state index is 0.0145. The van der Waals surface area contributed by atoms with Crippen molar-refractivity contribution >= 4 is 21.6 Å². The fourth-order valence-electron chi connectivity index (χ4n) is 3.87. The number of nitrogens with zero attached hydrogens (tertiary/aromatic N) is 1. The third-order valence-electron chi connectivity index (χ3n) is 5.73. The van der Waals surface area contributed by atoms with Crippen LogP contribution in [0.3, 0.4) is 0 Å². The highest BCUT2D eigenvalue weighted by Crippen LogP contribution is 2.19. The van der Waals surface area contributed by atoms with Gasteiger partial charge in [-0.25, -0.2) is 8.42 Å². The Hall–Kier alpha value is -1.48. The van der Waals surface area contributed by atoms with Crippen LogP contribution in [0, 0.1) is 0 Å². The highest BCUT2D eigenvalue weighted by Gasteiger charge is 2.27. The zero-order valence-electron chi connectivity index (χ0n) is 16.7. The number of benzene rings is 1. The quantitative estimate of drug-likeness (QED) is 0.755. The summed E-state index contributed by atoms with van der Waals surface area (Å²) in [6.45, 7) is 5.63. The summed E-state index contributed by atoms with van der Waals surface area (Å²) in [6, 6.07) is 6.35. The van der Waals surface area contributed by atoms with Crippen molar-refractivity contribution in [1.82, 2.24) is 4.31 Å². The molecule has 2 N–H and O–H groups in total. The molecule has 0 spiro atoms.